The fraction of sp³-hybridized carbons (Fsp3) is 0.0714. The van der Waals surface area contributed by atoms with Crippen LogP contribution in [0.2, 0.25) is 0 Å². The van der Waals surface area contributed by atoms with Gasteiger partial charge in [-0.3, -0.25) is 4.79 Å². The smallest absolute Gasteiger partial charge is 0.262 e. The molecule has 0 saturated carbocycles. The fourth-order valence-electron chi connectivity index (χ4n) is 1.42. The molecule has 2 aromatic carbocycles. The van der Waals surface area contributed by atoms with Crippen molar-refractivity contribution < 1.29 is 9.53 Å². The minimum absolute atomic E-state index is 0.00858. The van der Waals surface area contributed by atoms with Gasteiger partial charge in [0.2, 0.25) is 0 Å². The Balaban J connectivity index is 1.85. The maximum atomic E-state index is 11.6. The Labute approximate surface area is 114 Å². The van der Waals surface area contributed by atoms with Crippen LogP contribution in [0.4, 0.5) is 5.69 Å². The molecule has 1 amide bonds. The number of carbonyl (C=O) groups excluding carboxylic acids is 1. The van der Waals surface area contributed by atoms with E-state index in [0.29, 0.717) is 5.75 Å². The molecule has 0 spiro atoms. The van der Waals surface area contributed by atoms with Crippen molar-refractivity contribution in [1.29, 1.82) is 0 Å². The maximum Gasteiger partial charge on any atom is 0.262 e. The lowest BCUT2D eigenvalue weighted by Gasteiger charge is -2.07. The number of ether oxygens (including phenoxy) is 1. The summed E-state index contributed by atoms with van der Waals surface area (Å²) in [4.78, 5) is 11.6. The molecule has 18 heavy (non-hydrogen) atoms. The standard InChI is InChI=1S/C14H12BrNO2/c15-11-5-4-8-13(9-11)18-10-14(17)16-12-6-2-1-3-7-12/h1-9H,10H2,(H,16,17). The molecule has 0 aliphatic carbocycles. The Morgan fingerprint density at radius 2 is 1.89 bits per heavy atom. The lowest BCUT2D eigenvalue weighted by atomic mass is 10.3. The number of halogens is 1. The molecule has 1 N–H and O–H groups in total. The van der Waals surface area contributed by atoms with E-state index in [0.717, 1.165) is 10.2 Å². The Kier molecular flexibility index (Phi) is 4.36. The average molecular weight is 306 g/mol. The second kappa shape index (κ2) is 6.21. The third-order valence-electron chi connectivity index (χ3n) is 2.22. The zero-order chi connectivity index (χ0) is 12.8. The van der Waals surface area contributed by atoms with Crippen molar-refractivity contribution in [2.75, 3.05) is 11.9 Å². The molecule has 0 heterocycles. The highest BCUT2D eigenvalue weighted by atomic mass is 79.9. The lowest BCUT2D eigenvalue weighted by Crippen LogP contribution is -2.20. The number of benzene rings is 2. The van der Waals surface area contributed by atoms with Crippen molar-refractivity contribution in [1.82, 2.24) is 0 Å². The molecule has 0 atom stereocenters. The third-order valence-corrected chi connectivity index (χ3v) is 2.72. The maximum absolute atomic E-state index is 11.6. The van der Waals surface area contributed by atoms with Crippen LogP contribution in [0.3, 0.4) is 0 Å². The predicted molar refractivity (Wildman–Crippen MR) is 74.7 cm³/mol. The van der Waals surface area contributed by atoms with Gasteiger partial charge in [0.05, 0.1) is 0 Å². The van der Waals surface area contributed by atoms with E-state index < -0.39 is 0 Å². The molecule has 0 aliphatic heterocycles. The first-order valence-corrected chi connectivity index (χ1v) is 6.26. The van der Waals surface area contributed by atoms with Gasteiger partial charge in [-0.25, -0.2) is 0 Å². The number of rotatable bonds is 4. The van der Waals surface area contributed by atoms with Crippen LogP contribution in [0.1, 0.15) is 0 Å². The number of nitrogens with one attached hydrogen (secondary N) is 1. The van der Waals surface area contributed by atoms with E-state index in [2.05, 4.69) is 21.2 Å². The van der Waals surface area contributed by atoms with E-state index in [1.54, 1.807) is 6.07 Å². The zero-order valence-electron chi connectivity index (χ0n) is 9.60. The summed E-state index contributed by atoms with van der Waals surface area (Å²) in [5.41, 5.74) is 0.764. The number of anilines is 1. The first-order valence-electron chi connectivity index (χ1n) is 5.47. The van der Waals surface area contributed by atoms with Gasteiger partial charge in [-0.05, 0) is 30.3 Å². The average Bonchev–Trinajstić information content (AvgIpc) is 2.38. The van der Waals surface area contributed by atoms with Gasteiger partial charge in [-0.15, -0.1) is 0 Å². The molecule has 0 radical (unpaired) electrons. The van der Waals surface area contributed by atoms with Gasteiger partial charge in [-0.1, -0.05) is 40.2 Å². The SMILES string of the molecule is O=C(COc1cccc(Br)c1)Nc1ccccc1. The summed E-state index contributed by atoms with van der Waals surface area (Å²) < 4.78 is 6.30. The van der Waals surface area contributed by atoms with Crippen molar-refractivity contribution in [3.63, 3.8) is 0 Å². The minimum Gasteiger partial charge on any atom is -0.484 e. The van der Waals surface area contributed by atoms with Gasteiger partial charge in [0.1, 0.15) is 5.75 Å². The summed E-state index contributed by atoms with van der Waals surface area (Å²) >= 11 is 3.34. The molecule has 0 fully saturated rings. The van der Waals surface area contributed by atoms with Gasteiger partial charge >= 0.3 is 0 Å². The summed E-state index contributed by atoms with van der Waals surface area (Å²) in [7, 11) is 0. The second-order valence-electron chi connectivity index (χ2n) is 3.66. The molecule has 2 rings (SSSR count). The minimum atomic E-state index is -0.179. The van der Waals surface area contributed by atoms with Gasteiger partial charge in [0.15, 0.2) is 6.61 Å². The monoisotopic (exact) mass is 305 g/mol. The normalized spacial score (nSPS) is 9.83. The van der Waals surface area contributed by atoms with Crippen molar-refractivity contribution in [2.24, 2.45) is 0 Å². The first-order chi connectivity index (χ1) is 8.74. The van der Waals surface area contributed by atoms with Gasteiger partial charge in [-0.2, -0.15) is 0 Å². The highest BCUT2D eigenvalue weighted by Gasteiger charge is 2.03. The van der Waals surface area contributed by atoms with Crippen LogP contribution in [-0.2, 0) is 4.79 Å². The third kappa shape index (κ3) is 3.89. The van der Waals surface area contributed by atoms with Crippen LogP contribution < -0.4 is 10.1 Å². The lowest BCUT2D eigenvalue weighted by molar-refractivity contribution is -0.118. The molecule has 0 aromatic heterocycles. The number of carbonyl (C=O) groups is 1. The summed E-state index contributed by atoms with van der Waals surface area (Å²) in [6, 6.07) is 16.7. The van der Waals surface area contributed by atoms with Gasteiger partial charge < -0.3 is 10.1 Å². The van der Waals surface area contributed by atoms with E-state index >= 15 is 0 Å². The molecule has 4 heteroatoms. The molecule has 0 aliphatic rings. The van der Waals surface area contributed by atoms with E-state index in [9.17, 15) is 4.79 Å². The van der Waals surface area contributed by atoms with E-state index in [1.807, 2.05) is 48.5 Å². The first kappa shape index (κ1) is 12.6. The Morgan fingerprint density at radius 1 is 1.11 bits per heavy atom. The topological polar surface area (TPSA) is 38.3 Å². The number of hydrogen-bond donors (Lipinski definition) is 1. The molecular weight excluding hydrogens is 294 g/mol. The Morgan fingerprint density at radius 3 is 2.61 bits per heavy atom. The van der Waals surface area contributed by atoms with Crippen LogP contribution in [0.25, 0.3) is 0 Å². The fourth-order valence-corrected chi connectivity index (χ4v) is 1.80. The zero-order valence-corrected chi connectivity index (χ0v) is 11.2. The molecule has 3 nitrogen and oxygen atoms in total. The van der Waals surface area contributed by atoms with Crippen molar-refractivity contribution in [3.05, 3.63) is 59.1 Å². The summed E-state index contributed by atoms with van der Waals surface area (Å²) in [5, 5.41) is 2.75. The van der Waals surface area contributed by atoms with Crippen LogP contribution in [0, 0.1) is 0 Å². The van der Waals surface area contributed by atoms with E-state index in [1.165, 1.54) is 0 Å². The molecule has 2 aromatic rings. The number of hydrogen-bond acceptors (Lipinski definition) is 2. The van der Waals surface area contributed by atoms with Crippen LogP contribution >= 0.6 is 15.9 Å². The largest absolute Gasteiger partial charge is 0.484 e. The van der Waals surface area contributed by atoms with Crippen molar-refractivity contribution >= 4 is 27.5 Å². The van der Waals surface area contributed by atoms with Gasteiger partial charge in [0.25, 0.3) is 5.91 Å². The molecule has 92 valence electrons. The van der Waals surface area contributed by atoms with Gasteiger partial charge in [0, 0.05) is 10.2 Å². The molecule has 0 saturated heterocycles. The molecular formula is C14H12BrNO2. The Hall–Kier alpha value is -1.81. The quantitative estimate of drug-likeness (QED) is 0.939. The molecule has 0 bridgehead atoms. The summed E-state index contributed by atoms with van der Waals surface area (Å²) in [6.45, 7) is -0.00858. The van der Waals surface area contributed by atoms with Crippen molar-refractivity contribution in [2.45, 2.75) is 0 Å². The van der Waals surface area contributed by atoms with Crippen LogP contribution in [0.15, 0.2) is 59.1 Å². The van der Waals surface area contributed by atoms with Crippen LogP contribution in [-0.4, -0.2) is 12.5 Å². The summed E-state index contributed by atoms with van der Waals surface area (Å²) in [5.74, 6) is 0.480. The number of para-hydroxylation sites is 1. The second-order valence-corrected chi connectivity index (χ2v) is 4.58. The summed E-state index contributed by atoms with van der Waals surface area (Å²) in [6.07, 6.45) is 0. The highest BCUT2D eigenvalue weighted by Crippen LogP contribution is 2.17. The number of amides is 1. The van der Waals surface area contributed by atoms with E-state index in [-0.39, 0.29) is 12.5 Å². The van der Waals surface area contributed by atoms with Crippen molar-refractivity contribution in [3.8, 4) is 5.75 Å². The van der Waals surface area contributed by atoms with E-state index in [4.69, 9.17) is 4.74 Å². The predicted octanol–water partition coefficient (Wildman–Crippen LogP) is 3.47. The molecule has 0 unspecified atom stereocenters. The van der Waals surface area contributed by atoms with Crippen LogP contribution in [0.5, 0.6) is 5.75 Å². The highest BCUT2D eigenvalue weighted by molar-refractivity contribution is 9.10. The Bertz CT molecular complexity index is 528.